The van der Waals surface area contributed by atoms with E-state index in [4.69, 9.17) is 0 Å². The van der Waals surface area contributed by atoms with Gasteiger partial charge in [0, 0.05) is 11.1 Å². The van der Waals surface area contributed by atoms with Crippen molar-refractivity contribution in [3.8, 4) is 16.8 Å². The summed E-state index contributed by atoms with van der Waals surface area (Å²) >= 11 is 0. The van der Waals surface area contributed by atoms with Gasteiger partial charge in [-0.05, 0) is 47.5 Å². The maximum absolute atomic E-state index is 13.5. The van der Waals surface area contributed by atoms with E-state index in [2.05, 4.69) is 0 Å². The third-order valence-corrected chi connectivity index (χ3v) is 6.34. The van der Waals surface area contributed by atoms with Crippen molar-refractivity contribution in [2.75, 3.05) is 4.72 Å². The van der Waals surface area contributed by atoms with Gasteiger partial charge in [0.15, 0.2) is 0 Å². The molecule has 0 aliphatic carbocycles. The van der Waals surface area contributed by atoms with Crippen LogP contribution in [-0.2, 0) is 16.2 Å². The number of aromatic carboxylic acids is 1. The second-order valence-electron chi connectivity index (χ2n) is 7.59. The van der Waals surface area contributed by atoms with Crippen LogP contribution in [0.3, 0.4) is 0 Å². The minimum Gasteiger partial charge on any atom is -0.477 e. The van der Waals surface area contributed by atoms with Crippen LogP contribution < -0.4 is 4.72 Å². The Morgan fingerprint density at radius 1 is 0.861 bits per heavy atom. The largest absolute Gasteiger partial charge is 0.516 e. The summed E-state index contributed by atoms with van der Waals surface area (Å²) in [5.41, 5.74) is -7.30. The number of carboxylic acids is 1. The predicted molar refractivity (Wildman–Crippen MR) is 119 cm³/mol. The smallest absolute Gasteiger partial charge is 0.477 e. The van der Waals surface area contributed by atoms with E-state index in [9.17, 15) is 44.7 Å². The molecule has 0 radical (unpaired) electrons. The molecule has 0 atom stereocenters. The van der Waals surface area contributed by atoms with Gasteiger partial charge in [-0.2, -0.15) is 34.8 Å². The van der Waals surface area contributed by atoms with Crippen LogP contribution in [0.4, 0.5) is 32.0 Å². The van der Waals surface area contributed by atoms with Gasteiger partial charge in [-0.1, -0.05) is 36.4 Å². The molecule has 4 aromatic rings. The minimum atomic E-state index is -5.75. The Morgan fingerprint density at radius 3 is 2.19 bits per heavy atom. The lowest BCUT2D eigenvalue weighted by molar-refractivity contribution is -0.137. The first-order valence-electron chi connectivity index (χ1n) is 9.94. The van der Waals surface area contributed by atoms with Gasteiger partial charge in [0.05, 0.1) is 16.8 Å². The highest BCUT2D eigenvalue weighted by Gasteiger charge is 2.46. The van der Waals surface area contributed by atoms with Crippen molar-refractivity contribution in [1.82, 2.24) is 4.57 Å². The number of carbonyl (C=O) groups is 1. The molecule has 0 saturated heterocycles. The van der Waals surface area contributed by atoms with Crippen LogP contribution in [0.25, 0.3) is 27.7 Å². The van der Waals surface area contributed by atoms with E-state index in [1.807, 2.05) is 0 Å². The van der Waals surface area contributed by atoms with Gasteiger partial charge in [0.2, 0.25) is 0 Å². The van der Waals surface area contributed by atoms with Gasteiger partial charge in [-0.3, -0.25) is 4.72 Å². The third kappa shape index (κ3) is 4.61. The van der Waals surface area contributed by atoms with Crippen molar-refractivity contribution in [2.24, 2.45) is 0 Å². The topological polar surface area (TPSA) is 88.4 Å². The molecule has 13 heteroatoms. The number of aromatic nitrogens is 1. The van der Waals surface area contributed by atoms with Crippen LogP contribution in [0, 0.1) is 0 Å². The summed E-state index contributed by atoms with van der Waals surface area (Å²) < 4.78 is 104. The number of hydrogen-bond donors (Lipinski definition) is 2. The second kappa shape index (κ2) is 8.59. The molecule has 3 aromatic carbocycles. The van der Waals surface area contributed by atoms with E-state index >= 15 is 0 Å². The lowest BCUT2D eigenvalue weighted by Gasteiger charge is -2.15. The average Bonchev–Trinajstić information content (AvgIpc) is 3.17. The summed E-state index contributed by atoms with van der Waals surface area (Å²) in [7, 11) is -5.75. The molecule has 0 bridgehead atoms. The standard InChI is InChI=1S/C23H14F6N2O4S/c24-22(25,26)18-7-2-1-6-17(18)13-4-3-5-16(10-13)31-19-12-15(30-36(34,35)23(27,28)29)9-8-14(19)11-20(31)21(32)33/h1-12,30H,(H,32,33). The number of nitrogens with zero attached hydrogens (tertiary/aromatic N) is 1. The monoisotopic (exact) mass is 528 g/mol. The van der Waals surface area contributed by atoms with E-state index in [1.165, 1.54) is 59.3 Å². The zero-order valence-electron chi connectivity index (χ0n) is 17.7. The van der Waals surface area contributed by atoms with Crippen molar-refractivity contribution in [3.63, 3.8) is 0 Å². The number of rotatable bonds is 5. The number of carboxylic acid groups (broad SMARTS) is 1. The number of anilines is 1. The molecule has 36 heavy (non-hydrogen) atoms. The maximum Gasteiger partial charge on any atom is 0.516 e. The van der Waals surface area contributed by atoms with Crippen LogP contribution in [0.5, 0.6) is 0 Å². The van der Waals surface area contributed by atoms with Crippen molar-refractivity contribution in [2.45, 2.75) is 11.7 Å². The fourth-order valence-electron chi connectivity index (χ4n) is 3.71. The first kappa shape index (κ1) is 25.1. The Balaban J connectivity index is 1.91. The SMILES string of the molecule is O=C(O)c1cc2ccc(NS(=O)(=O)C(F)(F)F)cc2n1-c1cccc(-c2ccccc2C(F)(F)F)c1. The van der Waals surface area contributed by atoms with E-state index in [-0.39, 0.29) is 33.4 Å². The van der Waals surface area contributed by atoms with Crippen LogP contribution in [-0.4, -0.2) is 29.6 Å². The van der Waals surface area contributed by atoms with E-state index in [1.54, 1.807) is 0 Å². The molecule has 0 saturated carbocycles. The van der Waals surface area contributed by atoms with Crippen molar-refractivity contribution >= 4 is 32.6 Å². The number of sulfonamides is 1. The predicted octanol–water partition coefficient (Wildman–Crippen LogP) is 6.28. The Bertz CT molecular complexity index is 1590. The lowest BCUT2D eigenvalue weighted by atomic mass is 9.99. The highest BCUT2D eigenvalue weighted by Crippen LogP contribution is 2.38. The molecule has 0 fully saturated rings. The second-order valence-corrected chi connectivity index (χ2v) is 9.26. The van der Waals surface area contributed by atoms with Crippen molar-refractivity contribution in [3.05, 3.63) is 84.1 Å². The Hall–Kier alpha value is -4.00. The zero-order valence-corrected chi connectivity index (χ0v) is 18.5. The molecule has 0 aliphatic rings. The molecule has 0 unspecified atom stereocenters. The van der Waals surface area contributed by atoms with Gasteiger partial charge in [0.1, 0.15) is 5.69 Å². The first-order chi connectivity index (χ1) is 16.7. The molecule has 4 rings (SSSR count). The summed E-state index contributed by atoms with van der Waals surface area (Å²) in [5.74, 6) is -1.43. The number of fused-ring (bicyclic) bond motifs is 1. The molecule has 1 aromatic heterocycles. The fourth-order valence-corrected chi connectivity index (χ4v) is 4.26. The summed E-state index contributed by atoms with van der Waals surface area (Å²) in [6.07, 6.45) is -4.66. The van der Waals surface area contributed by atoms with Gasteiger partial charge in [0.25, 0.3) is 0 Å². The quantitative estimate of drug-likeness (QED) is 0.299. The van der Waals surface area contributed by atoms with Gasteiger partial charge in [-0.25, -0.2) is 4.79 Å². The molecular formula is C23H14F6N2O4S. The van der Waals surface area contributed by atoms with E-state index < -0.39 is 38.9 Å². The van der Waals surface area contributed by atoms with Crippen molar-refractivity contribution < 1.29 is 44.7 Å². The average molecular weight is 528 g/mol. The maximum atomic E-state index is 13.5. The normalized spacial score (nSPS) is 12.6. The van der Waals surface area contributed by atoms with Crippen LogP contribution in [0.1, 0.15) is 16.1 Å². The molecule has 2 N–H and O–H groups in total. The molecule has 0 aliphatic heterocycles. The molecule has 0 spiro atoms. The summed E-state index contributed by atoms with van der Waals surface area (Å²) in [6, 6.07) is 14.7. The molecule has 1 heterocycles. The number of nitrogens with one attached hydrogen (secondary N) is 1. The molecule has 188 valence electrons. The highest BCUT2D eigenvalue weighted by molar-refractivity contribution is 7.93. The zero-order chi connectivity index (χ0) is 26.5. The Kier molecular flexibility index (Phi) is 5.99. The van der Waals surface area contributed by atoms with E-state index in [0.29, 0.717) is 0 Å². The Labute approximate surface area is 199 Å². The summed E-state index contributed by atoms with van der Waals surface area (Å²) in [4.78, 5) is 11.9. The van der Waals surface area contributed by atoms with E-state index in [0.717, 1.165) is 22.8 Å². The third-order valence-electron chi connectivity index (χ3n) is 5.23. The van der Waals surface area contributed by atoms with Crippen molar-refractivity contribution in [1.29, 1.82) is 0 Å². The van der Waals surface area contributed by atoms with Gasteiger partial charge in [-0.15, -0.1) is 0 Å². The first-order valence-corrected chi connectivity index (χ1v) is 11.4. The Morgan fingerprint density at radius 2 is 1.56 bits per heavy atom. The molecule has 0 amide bonds. The number of hydrogen-bond acceptors (Lipinski definition) is 3. The van der Waals surface area contributed by atoms with Crippen LogP contribution in [0.2, 0.25) is 0 Å². The highest BCUT2D eigenvalue weighted by atomic mass is 32.2. The summed E-state index contributed by atoms with van der Waals surface area (Å²) in [6.45, 7) is 0. The number of benzene rings is 3. The molecular weight excluding hydrogens is 514 g/mol. The minimum absolute atomic E-state index is 0.0102. The number of alkyl halides is 6. The lowest BCUT2D eigenvalue weighted by Crippen LogP contribution is -2.29. The van der Waals surface area contributed by atoms with Crippen LogP contribution >= 0.6 is 0 Å². The fraction of sp³-hybridized carbons (Fsp3) is 0.0870. The van der Waals surface area contributed by atoms with Gasteiger partial charge >= 0.3 is 27.7 Å². The molecule has 6 nitrogen and oxygen atoms in total. The number of halogens is 6. The summed E-state index contributed by atoms with van der Waals surface area (Å²) in [5, 5.41) is 9.94. The van der Waals surface area contributed by atoms with Crippen LogP contribution in [0.15, 0.2) is 72.8 Å². The van der Waals surface area contributed by atoms with Gasteiger partial charge < -0.3 is 9.67 Å².